The lowest BCUT2D eigenvalue weighted by molar-refractivity contribution is 0.688. The molecule has 1 unspecified atom stereocenters. The van der Waals surface area contributed by atoms with Gasteiger partial charge in [-0.05, 0) is 31.9 Å². The lowest BCUT2D eigenvalue weighted by atomic mass is 10.0. The summed E-state index contributed by atoms with van der Waals surface area (Å²) < 4.78 is 0. The molecule has 0 saturated carbocycles. The maximum absolute atomic E-state index is 6.00. The number of aromatic nitrogens is 1. The Balaban J connectivity index is 2.97. The summed E-state index contributed by atoms with van der Waals surface area (Å²) in [4.78, 5) is 6.68. The molecular formula is C12H21N3. The van der Waals surface area contributed by atoms with Crippen molar-refractivity contribution in [2.24, 2.45) is 5.73 Å². The molecule has 0 bridgehead atoms. The van der Waals surface area contributed by atoms with Crippen LogP contribution in [0.1, 0.15) is 37.6 Å². The molecule has 1 aromatic rings. The summed E-state index contributed by atoms with van der Waals surface area (Å²) in [6.07, 6.45) is 0.950. The van der Waals surface area contributed by atoms with Gasteiger partial charge in [0, 0.05) is 25.3 Å². The second-order valence-corrected chi connectivity index (χ2v) is 3.87. The summed E-state index contributed by atoms with van der Waals surface area (Å²) >= 11 is 0. The highest BCUT2D eigenvalue weighted by Gasteiger charge is 2.09. The van der Waals surface area contributed by atoms with E-state index < -0.39 is 0 Å². The zero-order valence-corrected chi connectivity index (χ0v) is 10.1. The topological polar surface area (TPSA) is 42.1 Å². The number of pyridine rings is 1. The van der Waals surface area contributed by atoms with Crippen LogP contribution in [-0.4, -0.2) is 18.6 Å². The maximum Gasteiger partial charge on any atom is 0.128 e. The Morgan fingerprint density at radius 2 is 2.07 bits per heavy atom. The molecule has 0 spiro atoms. The molecule has 0 amide bonds. The molecule has 0 saturated heterocycles. The zero-order chi connectivity index (χ0) is 11.4. The Morgan fingerprint density at radius 1 is 1.40 bits per heavy atom. The Morgan fingerprint density at radius 3 is 2.53 bits per heavy atom. The van der Waals surface area contributed by atoms with Gasteiger partial charge in [-0.2, -0.15) is 0 Å². The van der Waals surface area contributed by atoms with Crippen LogP contribution in [0, 0.1) is 6.92 Å². The van der Waals surface area contributed by atoms with Crippen LogP contribution in [0.4, 0.5) is 5.82 Å². The first-order chi connectivity index (χ1) is 7.10. The van der Waals surface area contributed by atoms with E-state index in [4.69, 9.17) is 5.73 Å². The van der Waals surface area contributed by atoms with E-state index >= 15 is 0 Å². The third-order valence-electron chi connectivity index (χ3n) is 2.82. The molecule has 2 N–H and O–H groups in total. The van der Waals surface area contributed by atoms with Crippen LogP contribution in [0.5, 0.6) is 0 Å². The number of nitrogens with zero attached hydrogens (tertiary/aromatic N) is 2. The number of nitrogens with two attached hydrogens (primary N) is 1. The Bertz CT molecular complexity index is 323. The molecule has 84 valence electrons. The Kier molecular flexibility index (Phi) is 4.09. The summed E-state index contributed by atoms with van der Waals surface area (Å²) in [6, 6.07) is 4.25. The lowest BCUT2D eigenvalue weighted by Crippen LogP contribution is -2.19. The van der Waals surface area contributed by atoms with Gasteiger partial charge in [0.25, 0.3) is 0 Å². The third kappa shape index (κ3) is 2.69. The quantitative estimate of drug-likeness (QED) is 0.823. The largest absolute Gasteiger partial charge is 0.360 e. The van der Waals surface area contributed by atoms with Crippen molar-refractivity contribution in [2.75, 3.05) is 18.5 Å². The minimum Gasteiger partial charge on any atom is -0.360 e. The first-order valence-corrected chi connectivity index (χ1v) is 5.54. The highest BCUT2D eigenvalue weighted by Crippen LogP contribution is 2.20. The average molecular weight is 207 g/mol. The Labute approximate surface area is 92.3 Å². The summed E-state index contributed by atoms with van der Waals surface area (Å²) in [6.45, 7) is 7.20. The molecule has 3 nitrogen and oxygen atoms in total. The monoisotopic (exact) mass is 207 g/mol. The molecular weight excluding hydrogens is 186 g/mol. The van der Waals surface area contributed by atoms with E-state index in [2.05, 4.69) is 29.8 Å². The van der Waals surface area contributed by atoms with E-state index in [1.54, 1.807) is 0 Å². The second-order valence-electron chi connectivity index (χ2n) is 3.87. The van der Waals surface area contributed by atoms with Gasteiger partial charge < -0.3 is 10.6 Å². The lowest BCUT2D eigenvalue weighted by Gasteiger charge is -2.18. The van der Waals surface area contributed by atoms with Crippen LogP contribution in [0.15, 0.2) is 12.1 Å². The van der Waals surface area contributed by atoms with Gasteiger partial charge in [0.1, 0.15) is 5.82 Å². The van der Waals surface area contributed by atoms with Crippen LogP contribution in [0.3, 0.4) is 0 Å². The number of aryl methyl sites for hydroxylation is 1. The minimum atomic E-state index is 0.110. The van der Waals surface area contributed by atoms with Gasteiger partial charge in [-0.15, -0.1) is 0 Å². The van der Waals surface area contributed by atoms with Crippen LogP contribution < -0.4 is 10.6 Å². The molecule has 0 aromatic carbocycles. The third-order valence-corrected chi connectivity index (χ3v) is 2.82. The average Bonchev–Trinajstić information content (AvgIpc) is 2.26. The summed E-state index contributed by atoms with van der Waals surface area (Å²) in [5.74, 6) is 1.02. The van der Waals surface area contributed by atoms with Crippen molar-refractivity contribution in [3.8, 4) is 0 Å². The molecule has 0 fully saturated rings. The van der Waals surface area contributed by atoms with E-state index in [-0.39, 0.29) is 6.04 Å². The van der Waals surface area contributed by atoms with Gasteiger partial charge in [-0.1, -0.05) is 13.0 Å². The standard InChI is InChI=1S/C12H21N3/c1-5-11(13)10-7-8-12(14-9(10)3)15(4)6-2/h7-8,11H,5-6,13H2,1-4H3. The van der Waals surface area contributed by atoms with E-state index in [9.17, 15) is 0 Å². The molecule has 0 aliphatic heterocycles. The van der Waals surface area contributed by atoms with Crippen molar-refractivity contribution in [3.63, 3.8) is 0 Å². The molecule has 1 aromatic heterocycles. The van der Waals surface area contributed by atoms with Gasteiger partial charge in [0.15, 0.2) is 0 Å². The predicted octanol–water partition coefficient (Wildman–Crippen LogP) is 2.26. The highest BCUT2D eigenvalue weighted by molar-refractivity contribution is 5.41. The maximum atomic E-state index is 6.00. The Hall–Kier alpha value is -1.09. The van der Waals surface area contributed by atoms with Gasteiger partial charge in [-0.3, -0.25) is 0 Å². The SMILES string of the molecule is CCC(N)c1ccc(N(C)CC)nc1C. The van der Waals surface area contributed by atoms with E-state index in [0.717, 1.165) is 30.0 Å². The molecule has 0 aliphatic carbocycles. The van der Waals surface area contributed by atoms with Crippen LogP contribution >= 0.6 is 0 Å². The van der Waals surface area contributed by atoms with Crippen LogP contribution in [0.2, 0.25) is 0 Å². The summed E-state index contributed by atoms with van der Waals surface area (Å²) in [7, 11) is 2.04. The van der Waals surface area contributed by atoms with Crippen molar-refractivity contribution >= 4 is 5.82 Å². The molecule has 0 radical (unpaired) electrons. The molecule has 15 heavy (non-hydrogen) atoms. The number of anilines is 1. The fourth-order valence-corrected chi connectivity index (χ4v) is 1.54. The molecule has 1 rings (SSSR count). The number of rotatable bonds is 4. The fraction of sp³-hybridized carbons (Fsp3) is 0.583. The van der Waals surface area contributed by atoms with Crippen molar-refractivity contribution in [1.29, 1.82) is 0 Å². The van der Waals surface area contributed by atoms with Crippen LogP contribution in [-0.2, 0) is 0 Å². The summed E-state index contributed by atoms with van der Waals surface area (Å²) in [5, 5.41) is 0. The molecule has 3 heteroatoms. The number of hydrogen-bond acceptors (Lipinski definition) is 3. The number of hydrogen-bond donors (Lipinski definition) is 1. The zero-order valence-electron chi connectivity index (χ0n) is 10.1. The molecule has 1 heterocycles. The fourth-order valence-electron chi connectivity index (χ4n) is 1.54. The highest BCUT2D eigenvalue weighted by atomic mass is 15.2. The second kappa shape index (κ2) is 5.12. The van der Waals surface area contributed by atoms with E-state index in [0.29, 0.717) is 0 Å². The summed E-state index contributed by atoms with van der Waals surface area (Å²) in [5.41, 5.74) is 8.20. The first kappa shape index (κ1) is 12.0. The predicted molar refractivity (Wildman–Crippen MR) is 65.1 cm³/mol. The van der Waals surface area contributed by atoms with Gasteiger partial charge in [0.05, 0.1) is 0 Å². The van der Waals surface area contributed by atoms with Gasteiger partial charge >= 0.3 is 0 Å². The van der Waals surface area contributed by atoms with Crippen molar-refractivity contribution in [1.82, 2.24) is 4.98 Å². The normalized spacial score (nSPS) is 12.6. The van der Waals surface area contributed by atoms with Crippen molar-refractivity contribution < 1.29 is 0 Å². The van der Waals surface area contributed by atoms with Crippen molar-refractivity contribution in [3.05, 3.63) is 23.4 Å². The van der Waals surface area contributed by atoms with Crippen molar-refractivity contribution in [2.45, 2.75) is 33.2 Å². The van der Waals surface area contributed by atoms with Gasteiger partial charge in [-0.25, -0.2) is 4.98 Å². The van der Waals surface area contributed by atoms with E-state index in [1.165, 1.54) is 0 Å². The van der Waals surface area contributed by atoms with Crippen LogP contribution in [0.25, 0.3) is 0 Å². The molecule has 0 aliphatic rings. The minimum absolute atomic E-state index is 0.110. The molecule has 1 atom stereocenters. The first-order valence-electron chi connectivity index (χ1n) is 5.54. The van der Waals surface area contributed by atoms with Gasteiger partial charge in [0.2, 0.25) is 0 Å². The smallest absolute Gasteiger partial charge is 0.128 e. The van der Waals surface area contributed by atoms with E-state index in [1.807, 2.05) is 20.0 Å².